The largest absolute Gasteiger partial charge is 0.455 e. The average Bonchev–Trinajstić information content (AvgIpc) is 2.85. The second-order valence-corrected chi connectivity index (χ2v) is 7.60. The van der Waals surface area contributed by atoms with Gasteiger partial charge in [0.05, 0.1) is 5.39 Å². The Morgan fingerprint density at radius 2 is 1.61 bits per heavy atom. The van der Waals surface area contributed by atoms with Gasteiger partial charge in [-0.05, 0) is 31.0 Å². The Hall–Kier alpha value is -4.19. The number of hydrogen-bond acceptors (Lipinski definition) is 5. The molecule has 0 aliphatic rings. The molecular formula is C27H23NO5. The molecule has 33 heavy (non-hydrogen) atoms. The summed E-state index contributed by atoms with van der Waals surface area (Å²) in [5, 5.41) is 3.02. The van der Waals surface area contributed by atoms with Gasteiger partial charge in [0.2, 0.25) is 0 Å². The van der Waals surface area contributed by atoms with Crippen LogP contribution in [0.25, 0.3) is 22.3 Å². The van der Waals surface area contributed by atoms with Crippen molar-refractivity contribution in [3.8, 4) is 11.3 Å². The Balaban J connectivity index is 1.49. The third-order valence-electron chi connectivity index (χ3n) is 5.31. The summed E-state index contributed by atoms with van der Waals surface area (Å²) in [7, 11) is 0. The van der Waals surface area contributed by atoms with Crippen LogP contribution in [-0.2, 0) is 16.0 Å². The molecule has 0 aliphatic heterocycles. The van der Waals surface area contributed by atoms with Crippen LogP contribution in [0, 0.1) is 6.92 Å². The average molecular weight is 441 g/mol. The molecule has 166 valence electrons. The lowest BCUT2D eigenvalue weighted by Gasteiger charge is -2.10. The van der Waals surface area contributed by atoms with Gasteiger partial charge in [0.15, 0.2) is 17.6 Å². The minimum absolute atomic E-state index is 0.0962. The van der Waals surface area contributed by atoms with E-state index in [1.807, 2.05) is 60.7 Å². The maximum atomic E-state index is 12.9. The summed E-state index contributed by atoms with van der Waals surface area (Å²) < 4.78 is 11.2. The monoisotopic (exact) mass is 441 g/mol. The second kappa shape index (κ2) is 9.96. The lowest BCUT2D eigenvalue weighted by Crippen LogP contribution is -2.30. The summed E-state index contributed by atoms with van der Waals surface area (Å²) in [4.78, 5) is 37.8. The van der Waals surface area contributed by atoms with Gasteiger partial charge in [0, 0.05) is 17.7 Å². The molecule has 4 aromatic rings. The molecule has 1 aromatic heterocycles. The van der Waals surface area contributed by atoms with Gasteiger partial charge in [0.25, 0.3) is 5.91 Å². The van der Waals surface area contributed by atoms with Crippen LogP contribution in [0.4, 0.5) is 0 Å². The number of hydrogen-bond donors (Lipinski definition) is 1. The van der Waals surface area contributed by atoms with E-state index in [2.05, 4.69) is 5.32 Å². The molecule has 0 radical (unpaired) electrons. The molecule has 0 saturated carbocycles. The summed E-state index contributed by atoms with van der Waals surface area (Å²) in [5.74, 6) is -0.737. The van der Waals surface area contributed by atoms with E-state index in [4.69, 9.17) is 9.15 Å². The number of fused-ring (bicyclic) bond motifs is 1. The van der Waals surface area contributed by atoms with E-state index in [1.165, 1.54) is 6.07 Å². The molecule has 0 fully saturated rings. The zero-order valence-electron chi connectivity index (χ0n) is 18.2. The van der Waals surface area contributed by atoms with Crippen molar-refractivity contribution in [2.24, 2.45) is 0 Å². The van der Waals surface area contributed by atoms with Crippen molar-refractivity contribution in [3.05, 3.63) is 106 Å². The molecule has 4 rings (SSSR count). The molecule has 0 unspecified atom stereocenters. The number of esters is 1. The molecule has 0 aliphatic carbocycles. The number of para-hydroxylation sites is 1. The van der Waals surface area contributed by atoms with E-state index in [-0.39, 0.29) is 22.0 Å². The summed E-state index contributed by atoms with van der Waals surface area (Å²) >= 11 is 0. The van der Waals surface area contributed by atoms with Crippen molar-refractivity contribution in [2.45, 2.75) is 13.3 Å². The molecule has 1 heterocycles. The van der Waals surface area contributed by atoms with Gasteiger partial charge in [-0.1, -0.05) is 66.7 Å². The first kappa shape index (κ1) is 22.0. The number of nitrogens with one attached hydrogen (secondary N) is 1. The predicted molar refractivity (Wildman–Crippen MR) is 126 cm³/mol. The van der Waals surface area contributed by atoms with Crippen LogP contribution in [-0.4, -0.2) is 25.0 Å². The van der Waals surface area contributed by atoms with Gasteiger partial charge in [-0.15, -0.1) is 0 Å². The minimum atomic E-state index is -0.732. The summed E-state index contributed by atoms with van der Waals surface area (Å²) in [6, 6.07) is 23.7. The molecule has 6 heteroatoms. The minimum Gasteiger partial charge on any atom is -0.455 e. The van der Waals surface area contributed by atoms with Gasteiger partial charge in [-0.3, -0.25) is 9.59 Å². The van der Waals surface area contributed by atoms with Crippen molar-refractivity contribution in [1.82, 2.24) is 5.32 Å². The smallest absolute Gasteiger partial charge is 0.342 e. The van der Waals surface area contributed by atoms with Crippen LogP contribution < -0.4 is 10.7 Å². The lowest BCUT2D eigenvalue weighted by molar-refractivity contribution is -0.124. The van der Waals surface area contributed by atoms with Crippen molar-refractivity contribution < 1.29 is 18.7 Å². The second-order valence-electron chi connectivity index (χ2n) is 7.60. The molecule has 1 amide bonds. The maximum absolute atomic E-state index is 12.9. The Morgan fingerprint density at radius 1 is 0.909 bits per heavy atom. The van der Waals surface area contributed by atoms with Crippen molar-refractivity contribution in [3.63, 3.8) is 0 Å². The number of carbonyl (C=O) groups is 2. The van der Waals surface area contributed by atoms with E-state index in [1.54, 1.807) is 19.1 Å². The van der Waals surface area contributed by atoms with Crippen LogP contribution in [0.1, 0.15) is 21.5 Å². The highest BCUT2D eigenvalue weighted by molar-refractivity contribution is 6.02. The van der Waals surface area contributed by atoms with Crippen LogP contribution in [0.2, 0.25) is 0 Å². The number of amides is 1. The molecule has 6 nitrogen and oxygen atoms in total. The Kier molecular flexibility index (Phi) is 6.64. The van der Waals surface area contributed by atoms with E-state index < -0.39 is 18.5 Å². The fourth-order valence-electron chi connectivity index (χ4n) is 3.59. The summed E-state index contributed by atoms with van der Waals surface area (Å²) in [6.45, 7) is 1.70. The summed E-state index contributed by atoms with van der Waals surface area (Å²) in [5.41, 5.74) is 2.31. The van der Waals surface area contributed by atoms with Crippen LogP contribution in [0.5, 0.6) is 0 Å². The number of ether oxygens (including phenoxy) is 1. The molecule has 0 saturated heterocycles. The fraction of sp³-hybridized carbons (Fsp3) is 0.148. The van der Waals surface area contributed by atoms with Crippen molar-refractivity contribution >= 4 is 22.8 Å². The normalized spacial score (nSPS) is 10.7. The zero-order valence-corrected chi connectivity index (χ0v) is 18.2. The van der Waals surface area contributed by atoms with Crippen LogP contribution in [0.3, 0.4) is 0 Å². The topological polar surface area (TPSA) is 85.6 Å². The van der Waals surface area contributed by atoms with Gasteiger partial charge < -0.3 is 14.5 Å². The lowest BCUT2D eigenvalue weighted by atomic mass is 10.0. The van der Waals surface area contributed by atoms with E-state index in [0.29, 0.717) is 24.3 Å². The third kappa shape index (κ3) is 5.01. The molecule has 0 atom stereocenters. The van der Waals surface area contributed by atoms with Crippen molar-refractivity contribution in [1.29, 1.82) is 0 Å². The first-order chi connectivity index (χ1) is 16.0. The number of rotatable bonds is 7. The maximum Gasteiger partial charge on any atom is 0.342 e. The van der Waals surface area contributed by atoms with Crippen LogP contribution >= 0.6 is 0 Å². The van der Waals surface area contributed by atoms with Gasteiger partial charge in [-0.2, -0.15) is 0 Å². The van der Waals surface area contributed by atoms with Gasteiger partial charge in [0.1, 0.15) is 11.3 Å². The van der Waals surface area contributed by atoms with E-state index >= 15 is 0 Å². The number of carbonyl (C=O) groups excluding carboxylic acids is 2. The van der Waals surface area contributed by atoms with Gasteiger partial charge >= 0.3 is 5.97 Å². The fourth-order valence-corrected chi connectivity index (χ4v) is 3.59. The SMILES string of the molecule is Cc1c(-c2ccccc2)oc2c(C(=O)OCC(=O)NCCc3ccccc3)cccc2c1=O. The summed E-state index contributed by atoms with van der Waals surface area (Å²) in [6.07, 6.45) is 0.677. The quantitative estimate of drug-likeness (QED) is 0.433. The Labute approximate surface area is 190 Å². The Morgan fingerprint density at radius 3 is 2.33 bits per heavy atom. The number of benzene rings is 3. The van der Waals surface area contributed by atoms with Gasteiger partial charge in [-0.25, -0.2) is 4.79 Å². The first-order valence-corrected chi connectivity index (χ1v) is 10.6. The Bertz CT molecular complexity index is 1340. The first-order valence-electron chi connectivity index (χ1n) is 10.6. The molecule has 1 N–H and O–H groups in total. The standard InChI is InChI=1S/C27H23NO5/c1-18-24(30)21-13-8-14-22(26(21)33-25(18)20-11-6-3-7-12-20)27(31)32-17-23(29)28-16-15-19-9-4-2-5-10-19/h2-14H,15-17H2,1H3,(H,28,29). The van der Waals surface area contributed by atoms with Crippen LogP contribution in [0.15, 0.2) is 88.1 Å². The van der Waals surface area contributed by atoms with E-state index in [9.17, 15) is 14.4 Å². The third-order valence-corrected chi connectivity index (χ3v) is 5.31. The highest BCUT2D eigenvalue weighted by atomic mass is 16.5. The van der Waals surface area contributed by atoms with E-state index in [0.717, 1.165) is 11.1 Å². The molecular weight excluding hydrogens is 418 g/mol. The zero-order chi connectivity index (χ0) is 23.2. The van der Waals surface area contributed by atoms with Crippen molar-refractivity contribution in [2.75, 3.05) is 13.2 Å². The molecule has 0 bridgehead atoms. The molecule has 3 aromatic carbocycles. The molecule has 0 spiro atoms. The predicted octanol–water partition coefficient (Wildman–Crippen LogP) is 4.28. The highest BCUT2D eigenvalue weighted by Crippen LogP contribution is 2.27. The highest BCUT2D eigenvalue weighted by Gasteiger charge is 2.20.